The van der Waals surface area contributed by atoms with Crippen LogP contribution in [0.4, 0.5) is 0 Å². The van der Waals surface area contributed by atoms with Gasteiger partial charge in [-0.25, -0.2) is 18.1 Å². The van der Waals surface area contributed by atoms with Crippen LogP contribution in [0.3, 0.4) is 0 Å². The van der Waals surface area contributed by atoms with E-state index in [1.54, 1.807) is 42.5 Å². The van der Waals surface area contributed by atoms with Crippen molar-refractivity contribution in [3.05, 3.63) is 63.4 Å². The summed E-state index contributed by atoms with van der Waals surface area (Å²) in [6, 6.07) is 12.1. The van der Waals surface area contributed by atoms with Crippen molar-refractivity contribution in [2.24, 2.45) is 0 Å². The third-order valence-electron chi connectivity index (χ3n) is 3.78. The first kappa shape index (κ1) is 18.8. The SMILES string of the molecule is COc1ccc(-c2csc(C)n2)cc1S(=O)(=O)NCc1ccccc1Cl. The molecular weight excluding hydrogens is 392 g/mol. The van der Waals surface area contributed by atoms with E-state index in [0.717, 1.165) is 10.7 Å². The number of halogens is 1. The maximum Gasteiger partial charge on any atom is 0.244 e. The highest BCUT2D eigenvalue weighted by Gasteiger charge is 2.21. The van der Waals surface area contributed by atoms with Gasteiger partial charge in [-0.1, -0.05) is 29.8 Å². The van der Waals surface area contributed by atoms with E-state index in [9.17, 15) is 8.42 Å². The average molecular weight is 409 g/mol. The van der Waals surface area contributed by atoms with Crippen LogP contribution in [-0.4, -0.2) is 20.5 Å². The molecule has 0 aliphatic carbocycles. The van der Waals surface area contributed by atoms with E-state index >= 15 is 0 Å². The van der Waals surface area contributed by atoms with E-state index in [1.807, 2.05) is 12.3 Å². The number of nitrogens with one attached hydrogen (secondary N) is 1. The Bertz CT molecular complexity index is 1030. The number of hydrogen-bond acceptors (Lipinski definition) is 5. The molecule has 0 spiro atoms. The van der Waals surface area contributed by atoms with Gasteiger partial charge in [-0.2, -0.15) is 0 Å². The minimum atomic E-state index is -3.80. The van der Waals surface area contributed by atoms with Crippen molar-refractivity contribution in [2.45, 2.75) is 18.4 Å². The molecule has 5 nitrogen and oxygen atoms in total. The van der Waals surface area contributed by atoms with Gasteiger partial charge >= 0.3 is 0 Å². The van der Waals surface area contributed by atoms with Gasteiger partial charge in [0, 0.05) is 22.5 Å². The molecule has 8 heteroatoms. The molecule has 2 aromatic carbocycles. The van der Waals surface area contributed by atoms with Crippen LogP contribution in [0.5, 0.6) is 5.75 Å². The fraction of sp³-hybridized carbons (Fsp3) is 0.167. The maximum atomic E-state index is 12.8. The van der Waals surface area contributed by atoms with E-state index < -0.39 is 10.0 Å². The summed E-state index contributed by atoms with van der Waals surface area (Å²) in [6.45, 7) is 1.99. The molecule has 26 heavy (non-hydrogen) atoms. The third-order valence-corrected chi connectivity index (χ3v) is 6.34. The Labute approximate surface area is 161 Å². The van der Waals surface area contributed by atoms with Crippen LogP contribution >= 0.6 is 22.9 Å². The van der Waals surface area contributed by atoms with Gasteiger partial charge in [0.15, 0.2) is 0 Å². The van der Waals surface area contributed by atoms with Crippen LogP contribution in [0, 0.1) is 6.92 Å². The lowest BCUT2D eigenvalue weighted by atomic mass is 10.2. The van der Waals surface area contributed by atoms with E-state index in [1.165, 1.54) is 18.4 Å². The van der Waals surface area contributed by atoms with Crippen LogP contribution in [0.25, 0.3) is 11.3 Å². The van der Waals surface area contributed by atoms with Crippen molar-refractivity contribution in [1.29, 1.82) is 0 Å². The summed E-state index contributed by atoms with van der Waals surface area (Å²) in [7, 11) is -2.36. The number of benzene rings is 2. The number of rotatable bonds is 6. The zero-order chi connectivity index (χ0) is 18.7. The van der Waals surface area contributed by atoms with E-state index in [2.05, 4.69) is 9.71 Å². The monoisotopic (exact) mass is 408 g/mol. The Morgan fingerprint density at radius 2 is 2.00 bits per heavy atom. The van der Waals surface area contributed by atoms with Gasteiger partial charge in [-0.05, 0) is 36.8 Å². The van der Waals surface area contributed by atoms with E-state index in [-0.39, 0.29) is 17.2 Å². The molecule has 0 aliphatic heterocycles. The lowest BCUT2D eigenvalue weighted by Crippen LogP contribution is -2.24. The molecule has 0 amide bonds. The number of hydrogen-bond donors (Lipinski definition) is 1. The normalized spacial score (nSPS) is 11.5. The van der Waals surface area contributed by atoms with Gasteiger partial charge < -0.3 is 4.74 Å². The molecule has 0 radical (unpaired) electrons. The van der Waals surface area contributed by atoms with Crippen molar-refractivity contribution in [3.63, 3.8) is 0 Å². The van der Waals surface area contributed by atoms with Crippen LogP contribution in [0.15, 0.2) is 52.7 Å². The number of sulfonamides is 1. The second-order valence-corrected chi connectivity index (χ2v) is 8.74. The fourth-order valence-electron chi connectivity index (χ4n) is 2.43. The molecular formula is C18H17ClN2O3S2. The average Bonchev–Trinajstić information content (AvgIpc) is 3.07. The summed E-state index contributed by atoms with van der Waals surface area (Å²) >= 11 is 7.61. The van der Waals surface area contributed by atoms with Gasteiger partial charge in [-0.3, -0.25) is 0 Å². The topological polar surface area (TPSA) is 68.3 Å². The van der Waals surface area contributed by atoms with E-state index in [0.29, 0.717) is 16.1 Å². The van der Waals surface area contributed by atoms with Gasteiger partial charge in [-0.15, -0.1) is 11.3 Å². The Balaban J connectivity index is 1.93. The first-order valence-electron chi connectivity index (χ1n) is 7.74. The molecule has 0 aliphatic rings. The Morgan fingerprint density at radius 1 is 1.23 bits per heavy atom. The number of thiazole rings is 1. The third kappa shape index (κ3) is 4.07. The maximum absolute atomic E-state index is 12.8. The van der Waals surface area contributed by atoms with Crippen molar-refractivity contribution in [1.82, 2.24) is 9.71 Å². The molecule has 1 N–H and O–H groups in total. The lowest BCUT2D eigenvalue weighted by Gasteiger charge is -2.12. The van der Waals surface area contributed by atoms with Crippen LogP contribution in [0.2, 0.25) is 5.02 Å². The largest absolute Gasteiger partial charge is 0.495 e. The summed E-state index contributed by atoms with van der Waals surface area (Å²) in [5.41, 5.74) is 2.15. The minimum absolute atomic E-state index is 0.0650. The van der Waals surface area contributed by atoms with Crippen molar-refractivity contribution in [2.75, 3.05) is 7.11 Å². The second kappa shape index (κ2) is 7.75. The highest BCUT2D eigenvalue weighted by atomic mass is 35.5. The number of aryl methyl sites for hydroxylation is 1. The van der Waals surface area contributed by atoms with Crippen LogP contribution < -0.4 is 9.46 Å². The minimum Gasteiger partial charge on any atom is -0.495 e. The Kier molecular flexibility index (Phi) is 5.62. The van der Waals surface area contributed by atoms with Crippen LogP contribution in [0.1, 0.15) is 10.6 Å². The molecule has 0 fully saturated rings. The molecule has 0 saturated carbocycles. The molecule has 0 bridgehead atoms. The lowest BCUT2D eigenvalue weighted by molar-refractivity contribution is 0.402. The Hall–Kier alpha value is -1.93. The molecule has 3 aromatic rings. The predicted molar refractivity (Wildman–Crippen MR) is 104 cm³/mol. The van der Waals surface area contributed by atoms with Gasteiger partial charge in [0.1, 0.15) is 10.6 Å². The van der Waals surface area contributed by atoms with Crippen molar-refractivity contribution < 1.29 is 13.2 Å². The van der Waals surface area contributed by atoms with Gasteiger partial charge in [0.25, 0.3) is 0 Å². The predicted octanol–water partition coefficient (Wildman–Crippen LogP) is 4.26. The second-order valence-electron chi connectivity index (χ2n) is 5.53. The first-order valence-corrected chi connectivity index (χ1v) is 10.5. The molecule has 3 rings (SSSR count). The smallest absolute Gasteiger partial charge is 0.244 e. The molecule has 0 unspecified atom stereocenters. The summed E-state index contributed by atoms with van der Waals surface area (Å²) in [5, 5.41) is 3.32. The van der Waals surface area contributed by atoms with Crippen LogP contribution in [-0.2, 0) is 16.6 Å². The fourth-order valence-corrected chi connectivity index (χ4v) is 4.46. The van der Waals surface area contributed by atoms with E-state index in [4.69, 9.17) is 16.3 Å². The van der Waals surface area contributed by atoms with Gasteiger partial charge in [0.05, 0.1) is 17.8 Å². The van der Waals surface area contributed by atoms with Crippen molar-refractivity contribution >= 4 is 33.0 Å². The summed E-state index contributed by atoms with van der Waals surface area (Å²) in [5.74, 6) is 0.271. The standard InChI is InChI=1S/C18H17ClN2O3S2/c1-12-21-16(11-25-12)13-7-8-17(24-2)18(9-13)26(22,23)20-10-14-5-3-4-6-15(14)19/h3-9,11,20H,10H2,1-2H3. The Morgan fingerprint density at radius 3 is 2.65 bits per heavy atom. The summed E-state index contributed by atoms with van der Waals surface area (Å²) in [6.07, 6.45) is 0. The molecule has 136 valence electrons. The molecule has 1 aromatic heterocycles. The number of methoxy groups -OCH3 is 1. The number of ether oxygens (including phenoxy) is 1. The number of nitrogens with zero attached hydrogens (tertiary/aromatic N) is 1. The highest BCUT2D eigenvalue weighted by molar-refractivity contribution is 7.89. The quantitative estimate of drug-likeness (QED) is 0.661. The summed E-state index contributed by atoms with van der Waals surface area (Å²) in [4.78, 5) is 4.47. The first-order chi connectivity index (χ1) is 12.4. The van der Waals surface area contributed by atoms with Crippen molar-refractivity contribution in [3.8, 4) is 17.0 Å². The molecule has 0 saturated heterocycles. The summed E-state index contributed by atoms with van der Waals surface area (Å²) < 4.78 is 33.5. The zero-order valence-electron chi connectivity index (χ0n) is 14.2. The zero-order valence-corrected chi connectivity index (χ0v) is 16.6. The molecule has 1 heterocycles. The molecule has 0 atom stereocenters. The highest BCUT2D eigenvalue weighted by Crippen LogP contribution is 2.30. The van der Waals surface area contributed by atoms with Gasteiger partial charge in [0.2, 0.25) is 10.0 Å². The number of aromatic nitrogens is 1.